The summed E-state index contributed by atoms with van der Waals surface area (Å²) < 4.78 is 0. The van der Waals surface area contributed by atoms with Gasteiger partial charge in [-0.1, -0.05) is 25.1 Å². The summed E-state index contributed by atoms with van der Waals surface area (Å²) in [5, 5.41) is 17.7. The smallest absolute Gasteiger partial charge is 0.312 e. The quantitative estimate of drug-likeness (QED) is 0.705. The van der Waals surface area contributed by atoms with Crippen LogP contribution in [-0.4, -0.2) is 27.6 Å². The molecular weight excluding hydrogens is 256 g/mol. The second-order valence-corrected chi connectivity index (χ2v) is 4.67. The number of carbonyl (C=O) groups is 2. The van der Waals surface area contributed by atoms with Crippen LogP contribution in [0.15, 0.2) is 30.5 Å². The number of hydrogen-bond donors (Lipinski definition) is 3. The van der Waals surface area contributed by atoms with Gasteiger partial charge in [0.25, 0.3) is 0 Å². The molecule has 0 bridgehead atoms. The maximum Gasteiger partial charge on any atom is 0.312 e. The van der Waals surface area contributed by atoms with E-state index >= 15 is 0 Å². The molecule has 0 fully saturated rings. The van der Waals surface area contributed by atoms with Crippen LogP contribution in [0.1, 0.15) is 18.9 Å². The second-order valence-electron chi connectivity index (χ2n) is 4.67. The number of para-hydroxylation sites is 1. The lowest BCUT2D eigenvalue weighted by molar-refractivity contribution is -0.139. The summed E-state index contributed by atoms with van der Waals surface area (Å²) in [4.78, 5) is 26.1. The first kappa shape index (κ1) is 14.0. The number of benzene rings is 1. The number of aromatic amines is 1. The molecule has 20 heavy (non-hydrogen) atoms. The van der Waals surface area contributed by atoms with E-state index in [2.05, 4.69) is 4.98 Å². The molecule has 1 aromatic heterocycles. The predicted molar refractivity (Wildman–Crippen MR) is 76.2 cm³/mol. The molecule has 0 aliphatic heterocycles. The van der Waals surface area contributed by atoms with E-state index < -0.39 is 17.7 Å². The lowest BCUT2D eigenvalue weighted by Crippen LogP contribution is -2.30. The van der Waals surface area contributed by atoms with Crippen molar-refractivity contribution in [3.05, 3.63) is 36.0 Å². The van der Waals surface area contributed by atoms with Gasteiger partial charge in [0, 0.05) is 23.5 Å². The lowest BCUT2D eigenvalue weighted by Gasteiger charge is -2.10. The minimum Gasteiger partial charge on any atom is -0.481 e. The number of carbonyl (C=O) groups excluding carboxylic acids is 1. The molecule has 0 aliphatic carbocycles. The van der Waals surface area contributed by atoms with Gasteiger partial charge in [0.1, 0.15) is 5.92 Å². The molecule has 2 rings (SSSR count). The van der Waals surface area contributed by atoms with Crippen LogP contribution in [0.2, 0.25) is 0 Å². The summed E-state index contributed by atoms with van der Waals surface area (Å²) in [6.45, 7) is 1.66. The first-order chi connectivity index (χ1) is 9.54. The van der Waals surface area contributed by atoms with Crippen molar-refractivity contribution in [1.29, 1.82) is 5.41 Å². The maximum atomic E-state index is 12.1. The van der Waals surface area contributed by atoms with Crippen molar-refractivity contribution in [2.45, 2.75) is 19.8 Å². The molecule has 1 aromatic carbocycles. The Labute approximate surface area is 116 Å². The fourth-order valence-corrected chi connectivity index (χ4v) is 2.24. The third-order valence-electron chi connectivity index (χ3n) is 3.38. The fraction of sp³-hybridized carbons (Fsp3) is 0.267. The number of aliphatic carboxylic acids is 1. The molecule has 3 N–H and O–H groups in total. The zero-order chi connectivity index (χ0) is 14.7. The first-order valence-electron chi connectivity index (χ1n) is 6.44. The normalized spacial score (nSPS) is 12.2. The fourth-order valence-electron chi connectivity index (χ4n) is 2.24. The number of nitrogens with one attached hydrogen (secondary N) is 2. The van der Waals surface area contributed by atoms with Crippen LogP contribution < -0.4 is 0 Å². The van der Waals surface area contributed by atoms with Gasteiger partial charge in [-0.15, -0.1) is 0 Å². The predicted octanol–water partition coefficient (Wildman–Crippen LogP) is 2.41. The number of H-pyrrole nitrogens is 1. The van der Waals surface area contributed by atoms with Crippen LogP contribution in [0.5, 0.6) is 0 Å². The van der Waals surface area contributed by atoms with Crippen molar-refractivity contribution in [3.8, 4) is 0 Å². The topological polar surface area (TPSA) is 94.0 Å². The summed E-state index contributed by atoms with van der Waals surface area (Å²) in [5.41, 5.74) is 1.38. The highest BCUT2D eigenvalue weighted by Gasteiger charge is 2.26. The Morgan fingerprint density at radius 3 is 2.70 bits per heavy atom. The zero-order valence-corrected chi connectivity index (χ0v) is 11.1. The minimum absolute atomic E-state index is 0.0482. The van der Waals surface area contributed by atoms with Crippen LogP contribution in [0.3, 0.4) is 0 Å². The minimum atomic E-state index is -1.12. The molecule has 104 valence electrons. The van der Waals surface area contributed by atoms with Crippen molar-refractivity contribution in [2.75, 3.05) is 0 Å². The first-order valence-corrected chi connectivity index (χ1v) is 6.44. The molecule has 5 heteroatoms. The molecule has 0 radical (unpaired) electrons. The molecule has 0 saturated carbocycles. The van der Waals surface area contributed by atoms with Crippen molar-refractivity contribution in [2.24, 2.45) is 5.92 Å². The number of ketones is 1. The average molecular weight is 272 g/mol. The van der Waals surface area contributed by atoms with E-state index in [1.54, 1.807) is 13.1 Å². The highest BCUT2D eigenvalue weighted by molar-refractivity contribution is 6.42. The number of aromatic nitrogens is 1. The molecule has 0 unspecified atom stereocenters. The summed E-state index contributed by atoms with van der Waals surface area (Å²) in [6.07, 6.45) is 2.03. The summed E-state index contributed by atoms with van der Waals surface area (Å²) in [5.74, 6) is -2.58. The maximum absolute atomic E-state index is 12.1. The molecular formula is C15H16N2O3. The van der Waals surface area contributed by atoms with Gasteiger partial charge in [-0.2, -0.15) is 0 Å². The van der Waals surface area contributed by atoms with E-state index in [0.717, 1.165) is 16.5 Å². The Kier molecular flexibility index (Phi) is 3.98. The van der Waals surface area contributed by atoms with Crippen LogP contribution in [0.25, 0.3) is 10.9 Å². The number of Topliss-reactive ketones (excluding diaryl/α,β-unsaturated/α-hetero) is 1. The van der Waals surface area contributed by atoms with Gasteiger partial charge in [0.2, 0.25) is 0 Å². The van der Waals surface area contributed by atoms with Gasteiger partial charge < -0.3 is 15.5 Å². The van der Waals surface area contributed by atoms with Crippen LogP contribution in [0, 0.1) is 11.3 Å². The molecule has 0 amide bonds. The summed E-state index contributed by atoms with van der Waals surface area (Å²) >= 11 is 0. The number of fused-ring (bicyclic) bond motifs is 1. The molecule has 0 saturated heterocycles. The lowest BCUT2D eigenvalue weighted by atomic mass is 9.94. The van der Waals surface area contributed by atoms with Gasteiger partial charge in [0.15, 0.2) is 5.78 Å². The third kappa shape index (κ3) is 2.61. The van der Waals surface area contributed by atoms with Gasteiger partial charge in [-0.25, -0.2) is 0 Å². The Balaban J connectivity index is 2.19. The Morgan fingerprint density at radius 1 is 1.35 bits per heavy atom. The van der Waals surface area contributed by atoms with E-state index in [1.807, 2.05) is 24.3 Å². The van der Waals surface area contributed by atoms with Crippen molar-refractivity contribution in [3.63, 3.8) is 0 Å². The van der Waals surface area contributed by atoms with Gasteiger partial charge in [-0.3, -0.25) is 9.59 Å². The molecule has 1 heterocycles. The second kappa shape index (κ2) is 5.69. The Morgan fingerprint density at radius 2 is 2.05 bits per heavy atom. The average Bonchev–Trinajstić information content (AvgIpc) is 2.82. The summed E-state index contributed by atoms with van der Waals surface area (Å²) in [7, 11) is 0. The van der Waals surface area contributed by atoms with Gasteiger partial charge in [-0.05, 0) is 18.1 Å². The van der Waals surface area contributed by atoms with E-state index in [4.69, 9.17) is 10.5 Å². The monoisotopic (exact) mass is 272 g/mol. The zero-order valence-electron chi connectivity index (χ0n) is 11.1. The number of hydrogen-bond acceptors (Lipinski definition) is 3. The van der Waals surface area contributed by atoms with E-state index in [-0.39, 0.29) is 18.6 Å². The van der Waals surface area contributed by atoms with Crippen LogP contribution >= 0.6 is 0 Å². The van der Waals surface area contributed by atoms with Gasteiger partial charge >= 0.3 is 5.97 Å². The van der Waals surface area contributed by atoms with Crippen molar-refractivity contribution < 1.29 is 14.7 Å². The Bertz CT molecular complexity index is 673. The standard InChI is InChI=1S/C15H16N2O3/c1-2-10(15(19)20)14(16)13(18)7-9-8-17-12-6-4-3-5-11(9)12/h3-6,8,10,16-17H,2,7H2,1H3,(H,19,20)/t10-/m0/s1. The molecule has 0 aliphatic rings. The molecule has 2 aromatic rings. The summed E-state index contributed by atoms with van der Waals surface area (Å²) in [6, 6.07) is 7.57. The van der Waals surface area contributed by atoms with Crippen molar-refractivity contribution >= 4 is 28.4 Å². The highest BCUT2D eigenvalue weighted by Crippen LogP contribution is 2.19. The highest BCUT2D eigenvalue weighted by atomic mass is 16.4. The molecule has 5 nitrogen and oxygen atoms in total. The van der Waals surface area contributed by atoms with E-state index in [1.165, 1.54) is 0 Å². The van der Waals surface area contributed by atoms with Gasteiger partial charge in [0.05, 0.1) is 5.71 Å². The molecule has 0 spiro atoms. The van der Waals surface area contributed by atoms with E-state index in [0.29, 0.717) is 0 Å². The van der Waals surface area contributed by atoms with Crippen LogP contribution in [0.4, 0.5) is 0 Å². The van der Waals surface area contributed by atoms with Crippen molar-refractivity contribution in [1.82, 2.24) is 4.98 Å². The number of carboxylic acid groups (broad SMARTS) is 1. The largest absolute Gasteiger partial charge is 0.481 e. The third-order valence-corrected chi connectivity index (χ3v) is 3.38. The van der Waals surface area contributed by atoms with Crippen LogP contribution in [-0.2, 0) is 16.0 Å². The van der Waals surface area contributed by atoms with E-state index in [9.17, 15) is 9.59 Å². The SMILES string of the molecule is CC[C@@H](C(=N)C(=O)Cc1c[nH]c2ccccc12)C(=O)O. The number of carboxylic acids is 1. The number of rotatable bonds is 6. The molecule has 1 atom stereocenters. The Hall–Kier alpha value is -2.43.